The number of rotatable bonds is 3. The summed E-state index contributed by atoms with van der Waals surface area (Å²) in [7, 11) is -3.99. The predicted octanol–water partition coefficient (Wildman–Crippen LogP) is 1.73. The number of hydrogen-bond acceptors (Lipinski definition) is 4. The highest BCUT2D eigenvalue weighted by Gasteiger charge is 2.38. The van der Waals surface area contributed by atoms with Crippen molar-refractivity contribution in [1.82, 2.24) is 4.90 Å². The lowest BCUT2D eigenvalue weighted by molar-refractivity contribution is 0.0616. The molecular formula is C15H17NO5S. The molecule has 0 saturated heterocycles. The van der Waals surface area contributed by atoms with Crippen LogP contribution in [0.1, 0.15) is 46.4 Å². The number of hydrogen-bond donors (Lipinski definition) is 1. The van der Waals surface area contributed by atoms with Gasteiger partial charge >= 0.3 is 0 Å². The molecule has 6 nitrogen and oxygen atoms in total. The third-order valence-electron chi connectivity index (χ3n) is 4.53. The Bertz CT molecular complexity index is 684. The molecule has 0 atom stereocenters. The predicted molar refractivity (Wildman–Crippen MR) is 79.1 cm³/mol. The Kier molecular flexibility index (Phi) is 3.78. The Labute approximate surface area is 128 Å². The van der Waals surface area contributed by atoms with E-state index in [0.29, 0.717) is 43.4 Å². The van der Waals surface area contributed by atoms with Gasteiger partial charge in [0.15, 0.2) is 0 Å². The lowest BCUT2D eigenvalue weighted by Gasteiger charge is -2.29. The minimum Gasteiger partial charge on any atom is -0.285 e. The smallest absolute Gasteiger partial charge is 0.267 e. The molecule has 7 heteroatoms. The van der Waals surface area contributed by atoms with E-state index in [1.54, 1.807) is 24.3 Å². The third-order valence-corrected chi connectivity index (χ3v) is 5.85. The van der Waals surface area contributed by atoms with Gasteiger partial charge in [0, 0.05) is 6.54 Å². The fourth-order valence-corrected chi connectivity index (χ4v) is 4.14. The lowest BCUT2D eigenvalue weighted by atomic mass is 9.88. The Morgan fingerprint density at radius 3 is 1.95 bits per heavy atom. The highest BCUT2D eigenvalue weighted by Crippen LogP contribution is 2.31. The molecule has 1 fully saturated rings. The highest BCUT2D eigenvalue weighted by atomic mass is 32.2. The number of carbonyl (C=O) groups is 2. The molecule has 1 aromatic carbocycles. The second kappa shape index (κ2) is 5.48. The molecule has 22 heavy (non-hydrogen) atoms. The minimum absolute atomic E-state index is 0.0835. The van der Waals surface area contributed by atoms with Gasteiger partial charge in [-0.25, -0.2) is 0 Å². The van der Waals surface area contributed by atoms with Gasteiger partial charge in [-0.15, -0.1) is 0 Å². The average Bonchev–Trinajstić information content (AvgIpc) is 2.73. The average molecular weight is 323 g/mol. The monoisotopic (exact) mass is 323 g/mol. The second-order valence-electron chi connectivity index (χ2n) is 5.92. The molecule has 1 saturated carbocycles. The summed E-state index contributed by atoms with van der Waals surface area (Å²) in [5.74, 6) is -0.477. The molecule has 0 spiro atoms. The molecule has 2 amide bonds. The fraction of sp³-hybridized carbons (Fsp3) is 0.467. The molecule has 2 aliphatic rings. The van der Waals surface area contributed by atoms with Crippen molar-refractivity contribution in [3.8, 4) is 0 Å². The van der Waals surface area contributed by atoms with Crippen LogP contribution in [-0.4, -0.2) is 41.5 Å². The van der Waals surface area contributed by atoms with E-state index in [1.807, 2.05) is 0 Å². The van der Waals surface area contributed by atoms with Crippen molar-refractivity contribution in [2.45, 2.75) is 30.9 Å². The van der Waals surface area contributed by atoms with Crippen molar-refractivity contribution in [1.29, 1.82) is 0 Å². The van der Waals surface area contributed by atoms with E-state index in [2.05, 4.69) is 0 Å². The molecule has 0 bridgehead atoms. The zero-order valence-electron chi connectivity index (χ0n) is 11.9. The molecule has 0 radical (unpaired) electrons. The molecule has 1 aliphatic carbocycles. The zero-order valence-corrected chi connectivity index (χ0v) is 12.8. The maximum Gasteiger partial charge on any atom is 0.267 e. The summed E-state index contributed by atoms with van der Waals surface area (Å²) in [6.07, 6.45) is 1.90. The van der Waals surface area contributed by atoms with Crippen LogP contribution in [0.5, 0.6) is 0 Å². The van der Waals surface area contributed by atoms with E-state index in [-0.39, 0.29) is 17.7 Å². The zero-order chi connectivity index (χ0) is 15.9. The third kappa shape index (κ3) is 2.66. The number of imide groups is 1. The maximum atomic E-state index is 12.3. The number of carbonyl (C=O) groups excluding carboxylic acids is 2. The first-order chi connectivity index (χ1) is 10.4. The van der Waals surface area contributed by atoms with Crippen molar-refractivity contribution in [3.05, 3.63) is 35.4 Å². The summed E-state index contributed by atoms with van der Waals surface area (Å²) < 4.78 is 31.3. The van der Waals surface area contributed by atoms with Crippen molar-refractivity contribution in [3.63, 3.8) is 0 Å². The van der Waals surface area contributed by atoms with E-state index in [4.69, 9.17) is 4.55 Å². The first kappa shape index (κ1) is 15.2. The molecule has 1 heterocycles. The fourth-order valence-electron chi connectivity index (χ4n) is 3.28. The summed E-state index contributed by atoms with van der Waals surface area (Å²) in [6, 6.07) is 6.74. The SMILES string of the molecule is O=C1c2ccccc2C(=O)N1CC1CCC(S(=O)(=O)O)CC1. The Morgan fingerprint density at radius 1 is 1.00 bits per heavy atom. The van der Waals surface area contributed by atoms with E-state index in [0.717, 1.165) is 0 Å². The van der Waals surface area contributed by atoms with Crippen molar-refractivity contribution < 1.29 is 22.6 Å². The van der Waals surface area contributed by atoms with Crippen LogP contribution in [0.2, 0.25) is 0 Å². The first-order valence-corrected chi connectivity index (χ1v) is 8.80. The number of benzene rings is 1. The topological polar surface area (TPSA) is 91.8 Å². The quantitative estimate of drug-likeness (QED) is 0.675. The van der Waals surface area contributed by atoms with E-state index < -0.39 is 15.4 Å². The van der Waals surface area contributed by atoms with Crippen LogP contribution in [0, 0.1) is 5.92 Å². The number of fused-ring (bicyclic) bond motifs is 1. The number of amides is 2. The lowest BCUT2D eigenvalue weighted by Crippen LogP contribution is -2.37. The van der Waals surface area contributed by atoms with Gasteiger partial charge in [0.05, 0.1) is 16.4 Å². The van der Waals surface area contributed by atoms with E-state index in [1.165, 1.54) is 4.90 Å². The van der Waals surface area contributed by atoms with Gasteiger partial charge in [-0.05, 0) is 43.7 Å². The van der Waals surface area contributed by atoms with Crippen LogP contribution < -0.4 is 0 Å². The van der Waals surface area contributed by atoms with Gasteiger partial charge in [0.2, 0.25) is 0 Å². The standard InChI is InChI=1S/C15H17NO5S/c17-14-12-3-1-2-4-13(12)15(18)16(14)9-10-5-7-11(8-6-10)22(19,20)21/h1-4,10-11H,5-9H2,(H,19,20,21). The van der Waals surface area contributed by atoms with Gasteiger partial charge in [0.1, 0.15) is 0 Å². The van der Waals surface area contributed by atoms with E-state index >= 15 is 0 Å². The van der Waals surface area contributed by atoms with Crippen LogP contribution >= 0.6 is 0 Å². The Morgan fingerprint density at radius 2 is 1.50 bits per heavy atom. The van der Waals surface area contributed by atoms with Crippen LogP contribution in [0.3, 0.4) is 0 Å². The number of nitrogens with zero attached hydrogens (tertiary/aromatic N) is 1. The molecule has 1 aliphatic heterocycles. The molecule has 118 valence electrons. The van der Waals surface area contributed by atoms with Gasteiger partial charge < -0.3 is 0 Å². The normalized spacial score (nSPS) is 25.4. The molecule has 1 aromatic rings. The Balaban J connectivity index is 1.67. The Hall–Kier alpha value is -1.73. The molecule has 0 aromatic heterocycles. The van der Waals surface area contributed by atoms with Gasteiger partial charge in [-0.2, -0.15) is 8.42 Å². The summed E-state index contributed by atoms with van der Waals surface area (Å²) in [6.45, 7) is 0.310. The molecular weight excluding hydrogens is 306 g/mol. The molecule has 0 unspecified atom stereocenters. The maximum absolute atomic E-state index is 12.3. The van der Waals surface area contributed by atoms with Gasteiger partial charge in [-0.3, -0.25) is 19.0 Å². The largest absolute Gasteiger partial charge is 0.285 e. The van der Waals surface area contributed by atoms with Gasteiger partial charge in [0.25, 0.3) is 21.9 Å². The van der Waals surface area contributed by atoms with Crippen molar-refractivity contribution >= 4 is 21.9 Å². The molecule has 1 N–H and O–H groups in total. The van der Waals surface area contributed by atoms with Crippen LogP contribution in [0.15, 0.2) is 24.3 Å². The van der Waals surface area contributed by atoms with Gasteiger partial charge in [-0.1, -0.05) is 12.1 Å². The minimum atomic E-state index is -3.99. The van der Waals surface area contributed by atoms with E-state index in [9.17, 15) is 18.0 Å². The first-order valence-electron chi connectivity index (χ1n) is 7.29. The summed E-state index contributed by atoms with van der Waals surface area (Å²) in [5.41, 5.74) is 0.859. The highest BCUT2D eigenvalue weighted by molar-refractivity contribution is 7.86. The van der Waals surface area contributed by atoms with Crippen molar-refractivity contribution in [2.75, 3.05) is 6.54 Å². The van der Waals surface area contributed by atoms with Crippen LogP contribution in [0.4, 0.5) is 0 Å². The summed E-state index contributed by atoms with van der Waals surface area (Å²) in [4.78, 5) is 25.8. The van der Waals surface area contributed by atoms with Crippen LogP contribution in [-0.2, 0) is 10.1 Å². The second-order valence-corrected chi connectivity index (χ2v) is 7.62. The van der Waals surface area contributed by atoms with Crippen molar-refractivity contribution in [2.24, 2.45) is 5.92 Å². The summed E-state index contributed by atoms with van der Waals surface area (Å²) >= 11 is 0. The molecule has 3 rings (SSSR count). The van der Waals surface area contributed by atoms with Crippen LogP contribution in [0.25, 0.3) is 0 Å². The summed E-state index contributed by atoms with van der Waals surface area (Å²) in [5, 5.41) is -0.717.